The lowest BCUT2D eigenvalue weighted by atomic mass is 10.1. The van der Waals surface area contributed by atoms with Gasteiger partial charge in [-0.15, -0.1) is 0 Å². The monoisotopic (exact) mass is 276 g/mol. The molecule has 0 saturated carbocycles. The molecule has 1 amide bonds. The van der Waals surface area contributed by atoms with E-state index in [0.29, 0.717) is 5.02 Å². The Hall–Kier alpha value is -2.07. The minimum absolute atomic E-state index is 0.102. The van der Waals surface area contributed by atoms with Crippen molar-refractivity contribution in [3.05, 3.63) is 58.9 Å². The Morgan fingerprint density at radius 3 is 2.84 bits per heavy atom. The molecule has 0 aliphatic rings. The van der Waals surface area contributed by atoms with E-state index in [1.54, 1.807) is 12.3 Å². The third kappa shape index (κ3) is 3.23. The van der Waals surface area contributed by atoms with Crippen LogP contribution in [0.2, 0.25) is 5.02 Å². The fourth-order valence-electron chi connectivity index (χ4n) is 1.67. The van der Waals surface area contributed by atoms with Crippen molar-refractivity contribution in [3.63, 3.8) is 0 Å². The maximum atomic E-state index is 12.0. The molecule has 98 valence electrons. The van der Waals surface area contributed by atoms with E-state index in [2.05, 4.69) is 10.3 Å². The lowest BCUT2D eigenvalue weighted by Gasteiger charge is -2.14. The first-order valence-electron chi connectivity index (χ1n) is 5.78. The van der Waals surface area contributed by atoms with Crippen molar-refractivity contribution >= 4 is 17.5 Å². The summed E-state index contributed by atoms with van der Waals surface area (Å²) in [6.07, 6.45) is 1.66. The summed E-state index contributed by atoms with van der Waals surface area (Å²) in [6, 6.07) is 9.56. The summed E-state index contributed by atoms with van der Waals surface area (Å²) in [5, 5.41) is 12.8. The van der Waals surface area contributed by atoms with Gasteiger partial charge in [-0.2, -0.15) is 0 Å². The molecule has 1 atom stereocenters. The molecule has 1 unspecified atom stereocenters. The maximum Gasteiger partial charge on any atom is 0.255 e. The summed E-state index contributed by atoms with van der Waals surface area (Å²) >= 11 is 5.81. The molecule has 4 nitrogen and oxygen atoms in total. The molecule has 0 aliphatic carbocycles. The van der Waals surface area contributed by atoms with Gasteiger partial charge in [-0.05, 0) is 37.3 Å². The summed E-state index contributed by atoms with van der Waals surface area (Å²) < 4.78 is 0. The van der Waals surface area contributed by atoms with Gasteiger partial charge < -0.3 is 10.4 Å². The van der Waals surface area contributed by atoms with Crippen molar-refractivity contribution in [3.8, 4) is 5.75 Å². The number of phenols is 1. The van der Waals surface area contributed by atoms with Crippen LogP contribution < -0.4 is 5.32 Å². The Bertz CT molecular complexity index is 587. The zero-order valence-electron chi connectivity index (χ0n) is 10.3. The predicted octanol–water partition coefficient (Wildman–Crippen LogP) is 2.93. The van der Waals surface area contributed by atoms with Gasteiger partial charge in [0.25, 0.3) is 5.91 Å². The number of amides is 1. The van der Waals surface area contributed by atoms with Crippen LogP contribution >= 0.6 is 11.6 Å². The van der Waals surface area contributed by atoms with Crippen LogP contribution in [0.25, 0.3) is 0 Å². The smallest absolute Gasteiger partial charge is 0.255 e. The first-order chi connectivity index (χ1) is 9.08. The molecule has 0 fully saturated rings. The number of hydrogen-bond acceptors (Lipinski definition) is 3. The summed E-state index contributed by atoms with van der Waals surface area (Å²) in [6.45, 7) is 1.82. The number of carbonyl (C=O) groups is 1. The van der Waals surface area contributed by atoms with Gasteiger partial charge in [0.05, 0.1) is 17.3 Å². The number of aromatic nitrogens is 1. The van der Waals surface area contributed by atoms with E-state index in [4.69, 9.17) is 11.6 Å². The Balaban J connectivity index is 2.15. The van der Waals surface area contributed by atoms with Crippen molar-refractivity contribution in [1.29, 1.82) is 0 Å². The molecule has 19 heavy (non-hydrogen) atoms. The van der Waals surface area contributed by atoms with Crippen LogP contribution in [0.1, 0.15) is 29.0 Å². The molecular formula is C14H13ClN2O2. The number of nitrogens with one attached hydrogen (secondary N) is 1. The fourth-order valence-corrected chi connectivity index (χ4v) is 1.84. The number of carbonyl (C=O) groups excluding carboxylic acids is 1. The van der Waals surface area contributed by atoms with Crippen molar-refractivity contribution < 1.29 is 9.90 Å². The molecule has 2 aromatic rings. The van der Waals surface area contributed by atoms with Gasteiger partial charge in [-0.1, -0.05) is 17.7 Å². The zero-order valence-corrected chi connectivity index (χ0v) is 11.1. The minimum atomic E-state index is -0.391. The molecule has 1 aromatic heterocycles. The van der Waals surface area contributed by atoms with E-state index < -0.39 is 5.91 Å². The van der Waals surface area contributed by atoms with Crippen LogP contribution in [0.5, 0.6) is 5.75 Å². The van der Waals surface area contributed by atoms with Crippen LogP contribution in [0.3, 0.4) is 0 Å². The number of halogens is 1. The number of rotatable bonds is 3. The molecule has 5 heteroatoms. The molecule has 0 spiro atoms. The Kier molecular flexibility index (Phi) is 4.02. The number of aromatic hydroxyl groups is 1. The van der Waals surface area contributed by atoms with E-state index in [-0.39, 0.29) is 17.4 Å². The van der Waals surface area contributed by atoms with Crippen molar-refractivity contribution in [2.45, 2.75) is 13.0 Å². The average molecular weight is 277 g/mol. The number of phenolic OH excluding ortho intramolecular Hbond substituents is 1. The molecule has 2 N–H and O–H groups in total. The second-order valence-corrected chi connectivity index (χ2v) is 4.55. The van der Waals surface area contributed by atoms with Crippen LogP contribution in [0.15, 0.2) is 42.6 Å². The Morgan fingerprint density at radius 2 is 2.16 bits per heavy atom. The van der Waals surface area contributed by atoms with Gasteiger partial charge in [0, 0.05) is 11.2 Å². The molecular weight excluding hydrogens is 264 g/mol. The highest BCUT2D eigenvalue weighted by Crippen LogP contribution is 2.22. The molecule has 0 bridgehead atoms. The van der Waals surface area contributed by atoms with E-state index in [1.807, 2.05) is 19.1 Å². The predicted molar refractivity (Wildman–Crippen MR) is 73.2 cm³/mol. The highest BCUT2D eigenvalue weighted by molar-refractivity contribution is 6.31. The third-order valence-corrected chi connectivity index (χ3v) is 2.92. The van der Waals surface area contributed by atoms with Crippen LogP contribution in [-0.4, -0.2) is 16.0 Å². The van der Waals surface area contributed by atoms with Crippen LogP contribution in [0, 0.1) is 0 Å². The number of hydrogen-bond donors (Lipinski definition) is 2. The highest BCUT2D eigenvalue weighted by Gasteiger charge is 2.15. The summed E-state index contributed by atoms with van der Waals surface area (Å²) in [5.41, 5.74) is 0.896. The van der Waals surface area contributed by atoms with Gasteiger partial charge in [0.1, 0.15) is 5.75 Å². The van der Waals surface area contributed by atoms with Crippen molar-refractivity contribution in [2.75, 3.05) is 0 Å². The Morgan fingerprint density at radius 1 is 1.37 bits per heavy atom. The van der Waals surface area contributed by atoms with E-state index >= 15 is 0 Å². The highest BCUT2D eigenvalue weighted by atomic mass is 35.5. The molecule has 0 radical (unpaired) electrons. The summed E-state index contributed by atoms with van der Waals surface area (Å²) in [7, 11) is 0. The van der Waals surface area contributed by atoms with Gasteiger partial charge in [0.2, 0.25) is 0 Å². The van der Waals surface area contributed by atoms with Gasteiger partial charge >= 0.3 is 0 Å². The van der Waals surface area contributed by atoms with Crippen molar-refractivity contribution in [2.24, 2.45) is 0 Å². The first-order valence-corrected chi connectivity index (χ1v) is 6.16. The van der Waals surface area contributed by atoms with Gasteiger partial charge in [0.15, 0.2) is 0 Å². The van der Waals surface area contributed by atoms with Gasteiger partial charge in [-0.25, -0.2) is 0 Å². The largest absolute Gasteiger partial charge is 0.507 e. The topological polar surface area (TPSA) is 62.2 Å². The van der Waals surface area contributed by atoms with E-state index in [9.17, 15) is 9.90 Å². The van der Waals surface area contributed by atoms with Crippen LogP contribution in [0.4, 0.5) is 0 Å². The quantitative estimate of drug-likeness (QED) is 0.906. The number of pyridine rings is 1. The second kappa shape index (κ2) is 5.71. The van der Waals surface area contributed by atoms with Crippen molar-refractivity contribution in [1.82, 2.24) is 10.3 Å². The average Bonchev–Trinajstić information content (AvgIpc) is 2.42. The fraction of sp³-hybridized carbons (Fsp3) is 0.143. The SMILES string of the molecule is CC(NC(=O)c1cc(Cl)ccc1O)c1ccccn1. The lowest BCUT2D eigenvalue weighted by molar-refractivity contribution is 0.0936. The first kappa shape index (κ1) is 13.4. The minimum Gasteiger partial charge on any atom is -0.507 e. The van der Waals surface area contributed by atoms with Gasteiger partial charge in [-0.3, -0.25) is 9.78 Å². The standard InChI is InChI=1S/C14H13ClN2O2/c1-9(12-4-2-3-7-16-12)17-14(19)11-8-10(15)5-6-13(11)18/h2-9,18H,1H3,(H,17,19). The molecule has 2 rings (SSSR count). The van der Waals surface area contributed by atoms with E-state index in [0.717, 1.165) is 5.69 Å². The summed E-state index contributed by atoms with van der Waals surface area (Å²) in [4.78, 5) is 16.2. The molecule has 1 heterocycles. The number of benzene rings is 1. The summed E-state index contributed by atoms with van der Waals surface area (Å²) in [5.74, 6) is -0.492. The Labute approximate surface area is 116 Å². The molecule has 1 aromatic carbocycles. The second-order valence-electron chi connectivity index (χ2n) is 4.11. The third-order valence-electron chi connectivity index (χ3n) is 2.68. The maximum absolute atomic E-state index is 12.0. The molecule has 0 saturated heterocycles. The lowest BCUT2D eigenvalue weighted by Crippen LogP contribution is -2.27. The molecule has 0 aliphatic heterocycles. The number of nitrogens with zero attached hydrogens (tertiary/aromatic N) is 1. The zero-order chi connectivity index (χ0) is 13.8. The normalized spacial score (nSPS) is 11.9. The van der Waals surface area contributed by atoms with E-state index in [1.165, 1.54) is 18.2 Å². The van der Waals surface area contributed by atoms with Crippen LogP contribution in [-0.2, 0) is 0 Å².